The molecule has 2 heterocycles. The minimum atomic E-state index is -0.528. The molecule has 7 rings (SSSR count). The van der Waals surface area contributed by atoms with Crippen LogP contribution < -0.4 is 9.47 Å². The average Bonchev–Trinajstić information content (AvgIpc) is 3.39. The minimum absolute atomic E-state index is 0.0384. The number of aliphatic hydroxyl groups excluding tert-OH is 1. The molecule has 6 nitrogen and oxygen atoms in total. The molecule has 2 fully saturated rings. The van der Waals surface area contributed by atoms with Gasteiger partial charge in [0.25, 0.3) is 0 Å². The van der Waals surface area contributed by atoms with E-state index in [1.165, 1.54) is 16.7 Å². The highest BCUT2D eigenvalue weighted by molar-refractivity contribution is 5.92. The molecule has 1 spiro atoms. The van der Waals surface area contributed by atoms with Crippen molar-refractivity contribution >= 4 is 12.0 Å². The molecule has 1 saturated heterocycles. The molecule has 2 bridgehead atoms. The van der Waals surface area contributed by atoms with E-state index in [0.717, 1.165) is 54.9 Å². The third-order valence-corrected chi connectivity index (χ3v) is 10.9. The summed E-state index contributed by atoms with van der Waals surface area (Å²) >= 11 is 0. The second-order valence-electron chi connectivity index (χ2n) is 14.0. The number of hydrogen-bond acceptors (Lipinski definition) is 5. The fraction of sp³-hybridized carbons (Fsp3) is 0.462. The smallest absolute Gasteiger partial charge is 0.246 e. The van der Waals surface area contributed by atoms with Crippen LogP contribution in [0.2, 0.25) is 0 Å². The molecule has 2 aliphatic carbocycles. The summed E-state index contributed by atoms with van der Waals surface area (Å²) in [6.07, 6.45) is 6.83. The van der Waals surface area contributed by atoms with Gasteiger partial charge in [-0.2, -0.15) is 0 Å². The lowest BCUT2D eigenvalue weighted by Gasteiger charge is -2.60. The van der Waals surface area contributed by atoms with Gasteiger partial charge in [0.2, 0.25) is 5.91 Å². The molecule has 1 saturated carbocycles. The molecular formula is C39H46N2O4. The van der Waals surface area contributed by atoms with Crippen LogP contribution >= 0.6 is 0 Å². The van der Waals surface area contributed by atoms with Gasteiger partial charge in [0, 0.05) is 36.2 Å². The maximum absolute atomic E-state index is 14.1. The van der Waals surface area contributed by atoms with E-state index in [2.05, 4.69) is 54.8 Å². The number of ether oxygens (including phenoxy) is 2. The Morgan fingerprint density at radius 1 is 1.13 bits per heavy atom. The van der Waals surface area contributed by atoms with Gasteiger partial charge in [0.1, 0.15) is 6.10 Å². The van der Waals surface area contributed by atoms with E-state index in [1.54, 1.807) is 13.2 Å². The first-order valence-corrected chi connectivity index (χ1v) is 16.7. The first kappa shape index (κ1) is 30.1. The lowest BCUT2D eigenvalue weighted by atomic mass is 9.51. The van der Waals surface area contributed by atoms with Gasteiger partial charge in [0.05, 0.1) is 19.3 Å². The van der Waals surface area contributed by atoms with Crippen LogP contribution in [-0.4, -0.2) is 65.7 Å². The Labute approximate surface area is 267 Å². The van der Waals surface area contributed by atoms with Crippen molar-refractivity contribution in [3.05, 3.63) is 101 Å². The van der Waals surface area contributed by atoms with Crippen molar-refractivity contribution < 1.29 is 19.4 Å². The fourth-order valence-corrected chi connectivity index (χ4v) is 9.12. The number of methoxy groups -OCH3 is 1. The van der Waals surface area contributed by atoms with Crippen molar-refractivity contribution in [2.45, 2.75) is 76.2 Å². The van der Waals surface area contributed by atoms with Crippen molar-refractivity contribution in [2.75, 3.05) is 26.7 Å². The number of hydrogen-bond donors (Lipinski definition) is 1. The van der Waals surface area contributed by atoms with Crippen LogP contribution in [0.5, 0.6) is 11.5 Å². The number of carbonyl (C=O) groups excluding carboxylic acids is 1. The summed E-state index contributed by atoms with van der Waals surface area (Å²) in [6, 6.07) is 22.8. The minimum Gasteiger partial charge on any atom is -0.493 e. The van der Waals surface area contributed by atoms with Crippen molar-refractivity contribution in [2.24, 2.45) is 11.8 Å². The number of aliphatic hydroxyl groups is 1. The third kappa shape index (κ3) is 5.16. The van der Waals surface area contributed by atoms with Crippen LogP contribution in [0.1, 0.15) is 67.0 Å². The highest BCUT2D eigenvalue weighted by Crippen LogP contribution is 2.64. The normalized spacial score (nSPS) is 27.2. The van der Waals surface area contributed by atoms with Gasteiger partial charge >= 0.3 is 0 Å². The number of aryl methyl sites for hydroxylation is 1. The van der Waals surface area contributed by atoms with E-state index < -0.39 is 6.10 Å². The summed E-state index contributed by atoms with van der Waals surface area (Å²) in [5.74, 6) is 2.44. The maximum atomic E-state index is 14.1. The molecule has 0 radical (unpaired) electrons. The van der Waals surface area contributed by atoms with Gasteiger partial charge in [-0.05, 0) is 79.8 Å². The molecule has 1 N–H and O–H groups in total. The van der Waals surface area contributed by atoms with E-state index in [9.17, 15) is 9.90 Å². The molecule has 236 valence electrons. The number of amides is 1. The Bertz CT molecular complexity index is 1590. The van der Waals surface area contributed by atoms with Crippen molar-refractivity contribution in [3.8, 4) is 11.5 Å². The zero-order chi connectivity index (χ0) is 31.3. The predicted molar refractivity (Wildman–Crippen MR) is 177 cm³/mol. The van der Waals surface area contributed by atoms with Gasteiger partial charge in [-0.3, -0.25) is 9.69 Å². The Hall–Kier alpha value is -3.61. The Morgan fingerprint density at radius 3 is 2.71 bits per heavy atom. The van der Waals surface area contributed by atoms with Crippen molar-refractivity contribution in [3.63, 3.8) is 0 Å². The van der Waals surface area contributed by atoms with Crippen molar-refractivity contribution in [1.82, 2.24) is 9.80 Å². The fourth-order valence-electron chi connectivity index (χ4n) is 9.12. The number of rotatable bonds is 9. The van der Waals surface area contributed by atoms with E-state index in [-0.39, 0.29) is 23.5 Å². The van der Waals surface area contributed by atoms with Gasteiger partial charge in [-0.1, -0.05) is 80.1 Å². The number of carbonyl (C=O) groups is 1. The lowest BCUT2D eigenvalue weighted by Crippen LogP contribution is -2.69. The zero-order valence-corrected chi connectivity index (χ0v) is 27.0. The van der Waals surface area contributed by atoms with Crippen LogP contribution in [-0.2, 0) is 16.6 Å². The third-order valence-electron chi connectivity index (χ3n) is 10.9. The molecule has 1 unspecified atom stereocenters. The molecule has 45 heavy (non-hydrogen) atoms. The second kappa shape index (κ2) is 12.0. The number of likely N-dealkylation sites (tertiary alicyclic amines) is 1. The molecule has 0 aromatic heterocycles. The lowest BCUT2D eigenvalue weighted by molar-refractivity contribution is -0.139. The van der Waals surface area contributed by atoms with Gasteiger partial charge < -0.3 is 19.5 Å². The van der Waals surface area contributed by atoms with Crippen LogP contribution in [0.4, 0.5) is 0 Å². The van der Waals surface area contributed by atoms with Gasteiger partial charge in [-0.25, -0.2) is 0 Å². The summed E-state index contributed by atoms with van der Waals surface area (Å²) in [5.41, 5.74) is 5.65. The van der Waals surface area contributed by atoms with E-state index in [1.807, 2.05) is 48.5 Å². The molecular weight excluding hydrogens is 560 g/mol. The standard InChI is InChI=1S/C39H46N2O4/c1-25(2)23-41(35(43)18-13-27-10-8-9-26(3)21-27)31-16-15-30-32-22-29-14-17-34(44-4)37-36(29)39(30,38(31)45-37)19-20-40(32)24-33(42)28-11-6-5-7-12-28/h5-14,17-18,21,25,30-33,38,42H,15-16,19-20,22-24H2,1-4H3/t30-,31+,32+,33?,38-,39-/m0/s1. The average molecular weight is 607 g/mol. The maximum Gasteiger partial charge on any atom is 0.246 e. The highest BCUT2D eigenvalue weighted by atomic mass is 16.5. The first-order chi connectivity index (χ1) is 21.8. The number of benzene rings is 3. The molecule has 3 aromatic carbocycles. The van der Waals surface area contributed by atoms with E-state index >= 15 is 0 Å². The summed E-state index contributed by atoms with van der Waals surface area (Å²) in [6.45, 7) is 8.64. The van der Waals surface area contributed by atoms with E-state index in [0.29, 0.717) is 31.0 Å². The predicted octanol–water partition coefficient (Wildman–Crippen LogP) is 6.34. The van der Waals surface area contributed by atoms with Gasteiger partial charge in [-0.15, -0.1) is 0 Å². The zero-order valence-electron chi connectivity index (χ0n) is 27.0. The summed E-state index contributed by atoms with van der Waals surface area (Å²) in [4.78, 5) is 18.7. The first-order valence-electron chi connectivity index (χ1n) is 16.7. The van der Waals surface area contributed by atoms with E-state index in [4.69, 9.17) is 9.47 Å². The number of β-amino-alcohol motifs (C(OH)–C–C–N with tert-alkyl or cyclic N) is 1. The molecule has 3 aromatic rings. The summed E-state index contributed by atoms with van der Waals surface area (Å²) in [7, 11) is 1.72. The van der Waals surface area contributed by atoms with Crippen LogP contribution in [0.25, 0.3) is 6.08 Å². The van der Waals surface area contributed by atoms with Gasteiger partial charge in [0.15, 0.2) is 11.5 Å². The molecule has 6 heteroatoms. The number of piperidine rings is 1. The molecule has 6 atom stereocenters. The molecule has 2 aliphatic heterocycles. The Morgan fingerprint density at radius 2 is 1.96 bits per heavy atom. The quantitative estimate of drug-likeness (QED) is 0.288. The van der Waals surface area contributed by atoms with Crippen LogP contribution in [0.3, 0.4) is 0 Å². The number of nitrogens with zero attached hydrogens (tertiary/aromatic N) is 2. The highest BCUT2D eigenvalue weighted by Gasteiger charge is 2.66. The topological polar surface area (TPSA) is 62.2 Å². The van der Waals surface area contributed by atoms with Crippen LogP contribution in [0, 0.1) is 18.8 Å². The van der Waals surface area contributed by atoms with Crippen molar-refractivity contribution in [1.29, 1.82) is 0 Å². The summed E-state index contributed by atoms with van der Waals surface area (Å²) < 4.78 is 13.0. The monoisotopic (exact) mass is 606 g/mol. The largest absolute Gasteiger partial charge is 0.493 e. The Kier molecular flexibility index (Phi) is 7.99. The summed E-state index contributed by atoms with van der Waals surface area (Å²) in [5, 5.41) is 11.3. The second-order valence-corrected chi connectivity index (χ2v) is 14.0. The van der Waals surface area contributed by atoms with Crippen LogP contribution in [0.15, 0.2) is 72.8 Å². The SMILES string of the molecule is COc1ccc2c3c1O[C@H]1[C@H](N(CC(C)C)C(=O)C=Cc4cccc(C)c4)CC[C@H]4[C@@H](C2)N(CC(O)c2ccccc2)CC[C@@]341. The molecule has 1 amide bonds. The Balaban J connectivity index is 1.24. The molecule has 4 aliphatic rings.